The summed E-state index contributed by atoms with van der Waals surface area (Å²) in [5.41, 5.74) is 1.29. The first-order valence-electron chi connectivity index (χ1n) is 5.66. The van der Waals surface area contributed by atoms with Gasteiger partial charge in [0, 0.05) is 17.4 Å². The Labute approximate surface area is 125 Å². The highest BCUT2D eigenvalue weighted by Gasteiger charge is 2.29. The molecule has 1 heterocycles. The molecule has 6 heteroatoms. The zero-order chi connectivity index (χ0) is 14.0. The number of fused-ring (bicyclic) bond motifs is 1. The first-order chi connectivity index (χ1) is 8.90. The van der Waals surface area contributed by atoms with Gasteiger partial charge in [-0.1, -0.05) is 34.8 Å². The average molecular weight is 321 g/mol. The first kappa shape index (κ1) is 14.7. The van der Waals surface area contributed by atoms with Gasteiger partial charge < -0.3 is 9.73 Å². The van der Waals surface area contributed by atoms with E-state index in [9.17, 15) is 4.79 Å². The summed E-state index contributed by atoms with van der Waals surface area (Å²) in [4.78, 5) is 12.4. The van der Waals surface area contributed by atoms with Crippen LogP contribution in [-0.2, 0) is 0 Å². The maximum absolute atomic E-state index is 12.4. The van der Waals surface area contributed by atoms with Gasteiger partial charge in [-0.15, -0.1) is 0 Å². The summed E-state index contributed by atoms with van der Waals surface area (Å²) in [5.74, 6) is -0.114. The number of alkyl halides is 3. The number of ketones is 1. The van der Waals surface area contributed by atoms with Crippen LogP contribution < -0.4 is 5.32 Å². The van der Waals surface area contributed by atoms with E-state index in [0.717, 1.165) is 11.0 Å². The topological polar surface area (TPSA) is 42.2 Å². The third-order valence-corrected chi connectivity index (χ3v) is 3.30. The van der Waals surface area contributed by atoms with Crippen LogP contribution in [0.15, 0.2) is 34.9 Å². The Hall–Kier alpha value is -0.740. The largest absolute Gasteiger partial charge is 0.464 e. The van der Waals surface area contributed by atoms with Crippen LogP contribution in [0.25, 0.3) is 11.0 Å². The van der Waals surface area contributed by atoms with Crippen LogP contribution in [0.5, 0.6) is 0 Å². The molecule has 1 aromatic heterocycles. The van der Waals surface area contributed by atoms with Gasteiger partial charge >= 0.3 is 0 Å². The van der Waals surface area contributed by atoms with E-state index in [1.165, 1.54) is 0 Å². The van der Waals surface area contributed by atoms with Crippen molar-refractivity contribution >= 4 is 51.6 Å². The number of rotatable bonds is 4. The quantitative estimate of drug-likeness (QED) is 0.685. The van der Waals surface area contributed by atoms with E-state index in [0.29, 0.717) is 5.56 Å². The number of Topliss-reactive ketones (excluding diaryl/α,β-unsaturated/α-hetero) is 1. The molecule has 3 nitrogen and oxygen atoms in total. The van der Waals surface area contributed by atoms with Crippen LogP contribution in [0.4, 0.5) is 0 Å². The van der Waals surface area contributed by atoms with E-state index in [1.54, 1.807) is 37.6 Å². The molecule has 0 aliphatic carbocycles. The van der Waals surface area contributed by atoms with Gasteiger partial charge in [0.15, 0.2) is 9.58 Å². The number of benzene rings is 1. The Morgan fingerprint density at radius 1 is 1.37 bits per heavy atom. The second-order valence-corrected chi connectivity index (χ2v) is 6.71. The fraction of sp³-hybridized carbons (Fsp3) is 0.308. The summed E-state index contributed by atoms with van der Waals surface area (Å²) in [6.07, 6.45) is 1.69. The van der Waals surface area contributed by atoms with Gasteiger partial charge in [-0.2, -0.15) is 0 Å². The molecule has 1 unspecified atom stereocenters. The van der Waals surface area contributed by atoms with E-state index >= 15 is 0 Å². The smallest absolute Gasteiger partial charge is 0.192 e. The van der Waals surface area contributed by atoms with Gasteiger partial charge in [-0.05, 0) is 31.3 Å². The van der Waals surface area contributed by atoms with Crippen molar-refractivity contribution < 1.29 is 9.21 Å². The number of carbonyl (C=O) groups excluding carboxylic acids is 1. The van der Waals surface area contributed by atoms with Crippen LogP contribution in [-0.4, -0.2) is 22.7 Å². The lowest BCUT2D eigenvalue weighted by atomic mass is 10.0. The predicted molar refractivity (Wildman–Crippen MR) is 78.3 cm³/mol. The summed E-state index contributed by atoms with van der Waals surface area (Å²) in [6.45, 7) is 0. The van der Waals surface area contributed by atoms with Gasteiger partial charge in [0.25, 0.3) is 0 Å². The molecule has 2 rings (SSSR count). The molecular weight excluding hydrogens is 309 g/mol. The molecule has 0 radical (unpaired) electrons. The van der Waals surface area contributed by atoms with Crippen molar-refractivity contribution in [2.75, 3.05) is 7.05 Å². The summed E-state index contributed by atoms with van der Waals surface area (Å²) in [6, 6.07) is 6.48. The zero-order valence-corrected chi connectivity index (χ0v) is 12.4. The van der Waals surface area contributed by atoms with E-state index in [4.69, 9.17) is 39.2 Å². The van der Waals surface area contributed by atoms with E-state index in [-0.39, 0.29) is 12.2 Å². The van der Waals surface area contributed by atoms with Gasteiger partial charge in [-0.3, -0.25) is 4.79 Å². The van der Waals surface area contributed by atoms with E-state index in [1.807, 2.05) is 0 Å². The van der Waals surface area contributed by atoms with E-state index in [2.05, 4.69) is 5.32 Å². The van der Waals surface area contributed by atoms with Crippen LogP contribution >= 0.6 is 34.8 Å². The third-order valence-electron chi connectivity index (χ3n) is 2.84. The lowest BCUT2D eigenvalue weighted by Crippen LogP contribution is -2.37. The number of carbonyl (C=O) groups is 1. The highest BCUT2D eigenvalue weighted by molar-refractivity contribution is 6.67. The summed E-state index contributed by atoms with van der Waals surface area (Å²) in [5, 5.41) is 3.74. The summed E-state index contributed by atoms with van der Waals surface area (Å²) < 4.78 is 3.76. The van der Waals surface area contributed by atoms with Crippen molar-refractivity contribution in [1.29, 1.82) is 0 Å². The van der Waals surface area contributed by atoms with Gasteiger partial charge in [-0.25, -0.2) is 0 Å². The highest BCUT2D eigenvalue weighted by Crippen LogP contribution is 2.32. The van der Waals surface area contributed by atoms with Gasteiger partial charge in [0.2, 0.25) is 0 Å². The first-order valence-corrected chi connectivity index (χ1v) is 6.79. The number of nitrogens with one attached hydrogen (secondary N) is 1. The van der Waals surface area contributed by atoms with Crippen LogP contribution in [0, 0.1) is 0 Å². The molecule has 0 saturated carbocycles. The molecule has 1 N–H and O–H groups in total. The molecule has 0 aliphatic rings. The number of halogens is 3. The van der Waals surface area contributed by atoms with Crippen molar-refractivity contribution in [2.24, 2.45) is 0 Å². The lowest BCUT2D eigenvalue weighted by Gasteiger charge is -2.19. The van der Waals surface area contributed by atoms with Gasteiger partial charge in [0.1, 0.15) is 5.58 Å². The molecular formula is C13H12Cl3NO2. The van der Waals surface area contributed by atoms with Crippen molar-refractivity contribution in [1.82, 2.24) is 5.32 Å². The van der Waals surface area contributed by atoms with E-state index < -0.39 is 9.83 Å². The van der Waals surface area contributed by atoms with Crippen LogP contribution in [0.2, 0.25) is 0 Å². The predicted octanol–water partition coefficient (Wildman–Crippen LogP) is 3.96. The Bertz CT molecular complexity index is 589. The Kier molecular flexibility index (Phi) is 4.41. The monoisotopic (exact) mass is 319 g/mol. The normalized spacial score (nSPS) is 13.7. The summed E-state index contributed by atoms with van der Waals surface area (Å²) >= 11 is 17.2. The molecule has 0 spiro atoms. The molecule has 2 aromatic rings. The number of furan rings is 1. The highest BCUT2D eigenvalue weighted by atomic mass is 35.6. The molecule has 19 heavy (non-hydrogen) atoms. The second kappa shape index (κ2) is 5.71. The number of hydrogen-bond acceptors (Lipinski definition) is 3. The minimum Gasteiger partial charge on any atom is -0.464 e. The summed E-state index contributed by atoms with van der Waals surface area (Å²) in [7, 11) is 1.66. The third kappa shape index (κ3) is 3.63. The molecule has 0 fully saturated rings. The lowest BCUT2D eigenvalue weighted by molar-refractivity contribution is 0.0943. The molecule has 102 valence electrons. The van der Waals surface area contributed by atoms with Crippen molar-refractivity contribution in [2.45, 2.75) is 16.3 Å². The minimum atomic E-state index is -1.47. The number of hydrogen-bond donors (Lipinski definition) is 1. The fourth-order valence-corrected chi connectivity index (χ4v) is 2.34. The zero-order valence-electron chi connectivity index (χ0n) is 10.1. The standard InChI is InChI=1S/C13H12Cl3NO2/c1-17-10(7-13(14,15)16)12(18)9-2-3-11-8(6-9)4-5-19-11/h2-6,10,17H,7H2,1H3. The van der Waals surface area contributed by atoms with Crippen molar-refractivity contribution in [3.63, 3.8) is 0 Å². The molecule has 1 aromatic carbocycles. The van der Waals surface area contributed by atoms with Gasteiger partial charge in [0.05, 0.1) is 12.3 Å². The van der Waals surface area contributed by atoms with Crippen molar-refractivity contribution in [3.05, 3.63) is 36.1 Å². The SMILES string of the molecule is CNC(CC(Cl)(Cl)Cl)C(=O)c1ccc2occc2c1. The van der Waals surface area contributed by atoms with Crippen LogP contribution in [0.3, 0.4) is 0 Å². The Balaban J connectivity index is 2.25. The number of likely N-dealkylation sites (N-methyl/N-ethyl adjacent to an activating group) is 1. The minimum absolute atomic E-state index is 0.108. The second-order valence-electron chi connectivity index (χ2n) is 4.20. The molecule has 0 aliphatic heterocycles. The molecule has 0 saturated heterocycles. The fourth-order valence-electron chi connectivity index (χ4n) is 1.88. The average Bonchev–Trinajstić information content (AvgIpc) is 2.81. The maximum atomic E-state index is 12.4. The molecule has 1 atom stereocenters. The molecule has 0 bridgehead atoms. The van der Waals surface area contributed by atoms with Crippen molar-refractivity contribution in [3.8, 4) is 0 Å². The van der Waals surface area contributed by atoms with Crippen LogP contribution in [0.1, 0.15) is 16.8 Å². The maximum Gasteiger partial charge on any atom is 0.192 e. The Morgan fingerprint density at radius 3 is 2.74 bits per heavy atom. The molecule has 0 amide bonds. The Morgan fingerprint density at radius 2 is 2.11 bits per heavy atom.